The molecule has 1 aromatic heterocycles. The van der Waals surface area contributed by atoms with Crippen LogP contribution < -0.4 is 9.64 Å². The molecule has 0 bridgehead atoms. The second-order valence-electron chi connectivity index (χ2n) is 17.5. The third kappa shape index (κ3) is 5.29. The van der Waals surface area contributed by atoms with Crippen molar-refractivity contribution in [1.82, 2.24) is 0 Å². The van der Waals surface area contributed by atoms with E-state index in [1.54, 1.807) is 0 Å². The summed E-state index contributed by atoms with van der Waals surface area (Å²) in [6.45, 7) is 0. The largest absolute Gasteiger partial charge is 0.455 e. The molecule has 0 N–H and O–H groups in total. The predicted octanol–water partition coefficient (Wildman–Crippen LogP) is 17.6. The van der Waals surface area contributed by atoms with Crippen molar-refractivity contribution in [3.05, 3.63) is 259 Å². The van der Waals surface area contributed by atoms with Crippen LogP contribution in [0.15, 0.2) is 237 Å². The molecule has 14 rings (SSSR count). The van der Waals surface area contributed by atoms with Crippen LogP contribution in [0.2, 0.25) is 0 Å². The number of ether oxygens (including phenoxy) is 1. The summed E-state index contributed by atoms with van der Waals surface area (Å²) in [4.78, 5) is 2.46. The van der Waals surface area contributed by atoms with Crippen LogP contribution in [-0.2, 0) is 5.41 Å². The van der Waals surface area contributed by atoms with Crippen LogP contribution in [0.25, 0.3) is 75.1 Å². The number of nitrogens with zero attached hydrogens (tertiary/aromatic N) is 1. The van der Waals surface area contributed by atoms with Crippen molar-refractivity contribution >= 4 is 70.1 Å². The molecule has 66 heavy (non-hydrogen) atoms. The minimum absolute atomic E-state index is 0.647. The van der Waals surface area contributed by atoms with Crippen LogP contribution in [0.5, 0.6) is 11.5 Å². The Morgan fingerprint density at radius 2 is 0.909 bits per heavy atom. The predicted molar refractivity (Wildman–Crippen MR) is 277 cm³/mol. The molecule has 0 atom stereocenters. The summed E-state index contributed by atoms with van der Waals surface area (Å²) in [6.07, 6.45) is 0. The standard InChI is InChI=1S/C63H39NOS/c1-2-15-40(16-3-1)41-29-33-44(34-30-41)64(45-35-38-59-52(39-45)49-22-10-13-28-58(49)66-59)57-27-12-9-21-48(57)50-24-14-26-54-60(50)51-23-8-11-25-53(51)63(54)55-36-31-42-17-4-6-19-46(42)61(55)65-62-47-20-7-5-18-43(47)32-37-56(62)63/h1-39H. The van der Waals surface area contributed by atoms with E-state index in [0.29, 0.717) is 0 Å². The monoisotopic (exact) mass is 857 g/mol. The van der Waals surface area contributed by atoms with Gasteiger partial charge in [0.15, 0.2) is 0 Å². The van der Waals surface area contributed by atoms with Crippen molar-refractivity contribution in [3.8, 4) is 44.9 Å². The van der Waals surface area contributed by atoms with E-state index >= 15 is 0 Å². The van der Waals surface area contributed by atoms with Crippen molar-refractivity contribution in [1.29, 1.82) is 0 Å². The fourth-order valence-electron chi connectivity index (χ4n) is 11.3. The van der Waals surface area contributed by atoms with Crippen molar-refractivity contribution in [2.75, 3.05) is 4.90 Å². The Balaban J connectivity index is 1.04. The highest BCUT2D eigenvalue weighted by atomic mass is 32.1. The number of benzene rings is 11. The summed E-state index contributed by atoms with van der Waals surface area (Å²) in [6, 6.07) is 87.0. The highest BCUT2D eigenvalue weighted by molar-refractivity contribution is 7.25. The lowest BCUT2D eigenvalue weighted by Gasteiger charge is -2.40. The van der Waals surface area contributed by atoms with Crippen LogP contribution in [0.3, 0.4) is 0 Å². The number of fused-ring (bicyclic) bond motifs is 16. The average Bonchev–Trinajstić information content (AvgIpc) is 3.91. The van der Waals surface area contributed by atoms with Gasteiger partial charge in [0.1, 0.15) is 11.5 Å². The van der Waals surface area contributed by atoms with Gasteiger partial charge in [0, 0.05) is 59.0 Å². The lowest BCUT2D eigenvalue weighted by atomic mass is 9.65. The van der Waals surface area contributed by atoms with Gasteiger partial charge in [0.2, 0.25) is 0 Å². The van der Waals surface area contributed by atoms with Crippen molar-refractivity contribution in [3.63, 3.8) is 0 Å². The van der Waals surface area contributed by atoms with Crippen molar-refractivity contribution in [2.24, 2.45) is 0 Å². The first kappa shape index (κ1) is 37.2. The van der Waals surface area contributed by atoms with Gasteiger partial charge in [-0.3, -0.25) is 0 Å². The SMILES string of the molecule is c1ccc(-c2ccc(N(c3ccc4sc5ccccc5c4c3)c3ccccc3-c3cccc4c3-c3ccccc3C43c4ccc5ccccc5c4Oc4c3ccc3ccccc43)cc2)cc1. The first-order valence-electron chi connectivity index (χ1n) is 22.7. The van der Waals surface area contributed by atoms with Gasteiger partial charge in [0.25, 0.3) is 0 Å². The van der Waals surface area contributed by atoms with E-state index in [-0.39, 0.29) is 0 Å². The first-order chi connectivity index (χ1) is 32.7. The number of anilines is 3. The van der Waals surface area contributed by atoms with Gasteiger partial charge in [-0.1, -0.05) is 194 Å². The minimum atomic E-state index is -0.647. The molecule has 0 radical (unpaired) electrons. The third-order valence-electron chi connectivity index (χ3n) is 14.1. The van der Waals surface area contributed by atoms with Gasteiger partial charge >= 0.3 is 0 Å². The first-order valence-corrected chi connectivity index (χ1v) is 23.5. The van der Waals surface area contributed by atoms with Gasteiger partial charge in [-0.2, -0.15) is 0 Å². The second kappa shape index (κ2) is 14.4. The van der Waals surface area contributed by atoms with Gasteiger partial charge in [0.05, 0.1) is 11.1 Å². The molecule has 1 aliphatic carbocycles. The summed E-state index contributed by atoms with van der Waals surface area (Å²) >= 11 is 1.85. The molecule has 1 spiro atoms. The fourth-order valence-corrected chi connectivity index (χ4v) is 12.4. The summed E-state index contributed by atoms with van der Waals surface area (Å²) in [5, 5.41) is 7.11. The van der Waals surface area contributed by atoms with E-state index in [1.165, 1.54) is 59.1 Å². The van der Waals surface area contributed by atoms with E-state index < -0.39 is 5.41 Å². The Kier molecular flexibility index (Phi) is 8.10. The molecule has 12 aromatic rings. The van der Waals surface area contributed by atoms with Gasteiger partial charge < -0.3 is 9.64 Å². The molecule has 0 amide bonds. The van der Waals surface area contributed by atoms with Crippen LogP contribution in [0.1, 0.15) is 22.3 Å². The summed E-state index contributed by atoms with van der Waals surface area (Å²) in [5.74, 6) is 1.85. The van der Waals surface area contributed by atoms with E-state index in [1.807, 2.05) is 11.3 Å². The highest BCUT2D eigenvalue weighted by Gasteiger charge is 2.52. The number of thiophene rings is 1. The smallest absolute Gasteiger partial charge is 0.140 e. The number of para-hydroxylation sites is 1. The minimum Gasteiger partial charge on any atom is -0.455 e. The highest BCUT2D eigenvalue weighted by Crippen LogP contribution is 2.65. The summed E-state index contributed by atoms with van der Waals surface area (Å²) < 4.78 is 9.85. The zero-order valence-electron chi connectivity index (χ0n) is 35.8. The van der Waals surface area contributed by atoms with E-state index in [0.717, 1.165) is 66.8 Å². The Morgan fingerprint density at radius 3 is 1.67 bits per heavy atom. The Hall–Kier alpha value is -8.24. The molecular formula is C63H39NOS. The maximum atomic E-state index is 7.27. The second-order valence-corrected chi connectivity index (χ2v) is 18.6. The molecular weight excluding hydrogens is 819 g/mol. The molecule has 2 heterocycles. The molecule has 0 unspecified atom stereocenters. The zero-order valence-corrected chi connectivity index (χ0v) is 36.6. The number of rotatable bonds is 5. The van der Waals surface area contributed by atoms with Gasteiger partial charge in [-0.15, -0.1) is 11.3 Å². The maximum absolute atomic E-state index is 7.27. The van der Waals surface area contributed by atoms with Crippen LogP contribution in [0, 0.1) is 0 Å². The molecule has 0 saturated heterocycles. The normalized spacial score (nSPS) is 13.1. The molecule has 11 aromatic carbocycles. The fraction of sp³-hybridized carbons (Fsp3) is 0.0159. The van der Waals surface area contributed by atoms with Crippen LogP contribution >= 0.6 is 11.3 Å². The Bertz CT molecular complexity index is 3840. The van der Waals surface area contributed by atoms with Crippen molar-refractivity contribution < 1.29 is 4.74 Å². The summed E-state index contributed by atoms with van der Waals surface area (Å²) in [5.41, 5.74) is 14.8. The van der Waals surface area contributed by atoms with Crippen LogP contribution in [0.4, 0.5) is 17.1 Å². The molecule has 0 saturated carbocycles. The van der Waals surface area contributed by atoms with Gasteiger partial charge in [-0.25, -0.2) is 0 Å². The molecule has 1 aliphatic heterocycles. The molecule has 2 aliphatic rings. The molecule has 2 nitrogen and oxygen atoms in total. The lowest BCUT2D eigenvalue weighted by Crippen LogP contribution is -2.32. The number of hydrogen-bond donors (Lipinski definition) is 0. The molecule has 308 valence electrons. The average molecular weight is 858 g/mol. The summed E-state index contributed by atoms with van der Waals surface area (Å²) in [7, 11) is 0. The maximum Gasteiger partial charge on any atom is 0.140 e. The van der Waals surface area contributed by atoms with Gasteiger partial charge in [-0.05, 0) is 92.2 Å². The Morgan fingerprint density at radius 1 is 0.348 bits per heavy atom. The van der Waals surface area contributed by atoms with Crippen molar-refractivity contribution in [2.45, 2.75) is 5.41 Å². The Labute approximate surface area is 386 Å². The van der Waals surface area contributed by atoms with E-state index in [9.17, 15) is 0 Å². The lowest BCUT2D eigenvalue weighted by molar-refractivity contribution is 0.447. The topological polar surface area (TPSA) is 12.5 Å². The zero-order chi connectivity index (χ0) is 43.3. The van der Waals surface area contributed by atoms with Crippen LogP contribution in [-0.4, -0.2) is 0 Å². The number of hydrogen-bond acceptors (Lipinski definition) is 3. The molecule has 0 fully saturated rings. The quantitative estimate of drug-likeness (QED) is 0.171. The third-order valence-corrected chi connectivity index (χ3v) is 15.3. The van der Waals surface area contributed by atoms with E-state index in [2.05, 4.69) is 241 Å². The molecule has 3 heteroatoms. The van der Waals surface area contributed by atoms with E-state index in [4.69, 9.17) is 4.74 Å².